The fourth-order valence-electron chi connectivity index (χ4n) is 3.75. The largest absolute Gasteiger partial charge is 0.481 e. The van der Waals surface area contributed by atoms with Crippen molar-refractivity contribution in [2.45, 2.75) is 109 Å². The first-order chi connectivity index (χ1) is 15.0. The lowest BCUT2D eigenvalue weighted by atomic mass is 10.0. The van der Waals surface area contributed by atoms with Gasteiger partial charge in [-0.05, 0) is 25.0 Å². The van der Waals surface area contributed by atoms with Crippen molar-refractivity contribution < 1.29 is 23.9 Å². The van der Waals surface area contributed by atoms with Crippen LogP contribution in [0.2, 0.25) is 0 Å². The Bertz CT molecular complexity index is 605. The highest BCUT2D eigenvalue weighted by Crippen LogP contribution is 2.43. The van der Waals surface area contributed by atoms with Crippen molar-refractivity contribution in [2.24, 2.45) is 0 Å². The van der Waals surface area contributed by atoms with Crippen LogP contribution in [0.3, 0.4) is 0 Å². The van der Waals surface area contributed by atoms with E-state index in [4.69, 9.17) is 9.63 Å². The number of hydrogen-bond acceptors (Lipinski definition) is 3. The first-order valence-corrected chi connectivity index (χ1v) is 14.0. The van der Waals surface area contributed by atoms with E-state index in [1.54, 1.807) is 24.3 Å². The Labute approximate surface area is 189 Å². The Morgan fingerprint density at radius 1 is 0.677 bits per heavy atom. The second kappa shape index (κ2) is 18.3. The van der Waals surface area contributed by atoms with Crippen LogP contribution in [-0.4, -0.2) is 22.1 Å². The summed E-state index contributed by atoms with van der Waals surface area (Å²) in [7, 11) is -3.53. The average Bonchev–Trinajstić information content (AvgIpc) is 2.73. The van der Waals surface area contributed by atoms with Crippen LogP contribution >= 0.6 is 7.60 Å². The third kappa shape index (κ3) is 18.0. The number of carbonyl (C=O) groups is 1. The van der Waals surface area contributed by atoms with Crippen LogP contribution in [0.1, 0.15) is 109 Å². The molecule has 0 aliphatic rings. The SMILES string of the molecule is O=C(O)CCCCCCCCCCCCCCCCCCP(=O)(O)Oc1ccccc1. The van der Waals surface area contributed by atoms with Crippen molar-refractivity contribution in [1.29, 1.82) is 0 Å². The molecule has 1 atom stereocenters. The molecule has 0 heterocycles. The summed E-state index contributed by atoms with van der Waals surface area (Å²) in [6, 6.07) is 8.86. The smallest absolute Gasteiger partial charge is 0.376 e. The van der Waals surface area contributed by atoms with Gasteiger partial charge >= 0.3 is 13.6 Å². The van der Waals surface area contributed by atoms with Crippen LogP contribution in [0.5, 0.6) is 5.75 Å². The van der Waals surface area contributed by atoms with E-state index < -0.39 is 13.6 Å². The molecule has 0 aliphatic carbocycles. The van der Waals surface area contributed by atoms with Crippen LogP contribution in [-0.2, 0) is 9.36 Å². The highest BCUT2D eigenvalue weighted by Gasteiger charge is 2.19. The number of carboxylic acid groups (broad SMARTS) is 1. The summed E-state index contributed by atoms with van der Waals surface area (Å²) in [5.41, 5.74) is 0. The van der Waals surface area contributed by atoms with Gasteiger partial charge in [0.1, 0.15) is 5.75 Å². The Morgan fingerprint density at radius 3 is 1.48 bits per heavy atom. The molecule has 6 heteroatoms. The van der Waals surface area contributed by atoms with Gasteiger partial charge in [0.15, 0.2) is 0 Å². The first kappa shape index (κ1) is 27.7. The lowest BCUT2D eigenvalue weighted by Gasteiger charge is -2.13. The van der Waals surface area contributed by atoms with E-state index >= 15 is 0 Å². The molecular formula is C25H43O5P. The molecule has 1 aromatic rings. The maximum Gasteiger partial charge on any atom is 0.376 e. The summed E-state index contributed by atoms with van der Waals surface area (Å²) < 4.78 is 17.3. The predicted molar refractivity (Wildman–Crippen MR) is 128 cm³/mol. The van der Waals surface area contributed by atoms with Crippen molar-refractivity contribution >= 4 is 13.6 Å². The van der Waals surface area contributed by atoms with Gasteiger partial charge in [0.05, 0.1) is 6.16 Å². The lowest BCUT2D eigenvalue weighted by molar-refractivity contribution is -0.137. The van der Waals surface area contributed by atoms with Gasteiger partial charge in [0, 0.05) is 6.42 Å². The van der Waals surface area contributed by atoms with Crippen molar-refractivity contribution in [2.75, 3.05) is 6.16 Å². The maximum absolute atomic E-state index is 12.1. The lowest BCUT2D eigenvalue weighted by Crippen LogP contribution is -1.97. The fraction of sp³-hybridized carbons (Fsp3) is 0.720. The van der Waals surface area contributed by atoms with E-state index in [9.17, 15) is 14.3 Å². The molecule has 0 amide bonds. The molecule has 178 valence electrons. The molecule has 1 rings (SSSR count). The van der Waals surface area contributed by atoms with Gasteiger partial charge in [-0.15, -0.1) is 0 Å². The molecule has 0 bridgehead atoms. The molecule has 0 aliphatic heterocycles. The molecule has 2 N–H and O–H groups in total. The zero-order chi connectivity index (χ0) is 22.6. The number of aliphatic carboxylic acids is 1. The maximum atomic E-state index is 12.1. The summed E-state index contributed by atoms with van der Waals surface area (Å²) in [4.78, 5) is 20.3. The molecule has 0 radical (unpaired) electrons. The normalized spacial score (nSPS) is 13.1. The van der Waals surface area contributed by atoms with E-state index in [1.165, 1.54) is 70.6 Å². The van der Waals surface area contributed by atoms with E-state index in [0.29, 0.717) is 12.2 Å². The van der Waals surface area contributed by atoms with Crippen molar-refractivity contribution in [3.8, 4) is 5.75 Å². The molecule has 1 aromatic carbocycles. The standard InChI is InChI=1S/C25H43O5P/c26-25(27)22-18-13-11-9-7-5-3-1-2-4-6-8-10-12-14-19-23-31(28,29)30-24-20-16-15-17-21-24/h15-17,20-21H,1-14,18-19,22-23H2,(H,26,27)(H,28,29). The Morgan fingerprint density at radius 2 is 1.06 bits per heavy atom. The topological polar surface area (TPSA) is 83.8 Å². The minimum Gasteiger partial charge on any atom is -0.481 e. The zero-order valence-corrected chi connectivity index (χ0v) is 20.1. The minimum atomic E-state index is -3.53. The highest BCUT2D eigenvalue weighted by atomic mass is 31.2. The first-order valence-electron chi connectivity index (χ1n) is 12.3. The summed E-state index contributed by atoms with van der Waals surface area (Å²) >= 11 is 0. The Hall–Kier alpha value is -1.32. The van der Waals surface area contributed by atoms with Gasteiger partial charge in [-0.3, -0.25) is 4.79 Å². The van der Waals surface area contributed by atoms with E-state index in [0.717, 1.165) is 32.1 Å². The number of carboxylic acids is 1. The number of para-hydroxylation sites is 1. The minimum absolute atomic E-state index is 0.226. The molecule has 31 heavy (non-hydrogen) atoms. The predicted octanol–water partition coefficient (Wildman–Crippen LogP) is 7.97. The second-order valence-corrected chi connectivity index (χ2v) is 10.5. The van der Waals surface area contributed by atoms with Gasteiger partial charge in [0.25, 0.3) is 0 Å². The molecule has 0 spiro atoms. The van der Waals surface area contributed by atoms with Gasteiger partial charge in [-0.1, -0.05) is 108 Å². The summed E-state index contributed by atoms with van der Waals surface area (Å²) in [5, 5.41) is 8.59. The monoisotopic (exact) mass is 454 g/mol. The average molecular weight is 455 g/mol. The molecular weight excluding hydrogens is 411 g/mol. The number of unbranched alkanes of at least 4 members (excludes halogenated alkanes) is 15. The Balaban J connectivity index is 1.79. The third-order valence-electron chi connectivity index (χ3n) is 5.57. The molecule has 1 unspecified atom stereocenters. The van der Waals surface area contributed by atoms with E-state index in [1.807, 2.05) is 6.07 Å². The number of hydrogen-bond donors (Lipinski definition) is 2. The van der Waals surface area contributed by atoms with E-state index in [-0.39, 0.29) is 6.16 Å². The van der Waals surface area contributed by atoms with Gasteiger partial charge in [-0.2, -0.15) is 0 Å². The van der Waals surface area contributed by atoms with Crippen LogP contribution in [0.4, 0.5) is 0 Å². The van der Waals surface area contributed by atoms with Crippen LogP contribution in [0, 0.1) is 0 Å². The van der Waals surface area contributed by atoms with Crippen LogP contribution < -0.4 is 4.52 Å². The zero-order valence-electron chi connectivity index (χ0n) is 19.2. The molecule has 0 fully saturated rings. The summed E-state index contributed by atoms with van der Waals surface area (Å²) in [6.45, 7) is 0. The van der Waals surface area contributed by atoms with Crippen molar-refractivity contribution in [3.05, 3.63) is 30.3 Å². The quantitative estimate of drug-likeness (QED) is 0.145. The molecule has 0 saturated heterocycles. The van der Waals surface area contributed by atoms with Crippen molar-refractivity contribution in [1.82, 2.24) is 0 Å². The molecule has 0 saturated carbocycles. The van der Waals surface area contributed by atoms with Crippen LogP contribution in [0.25, 0.3) is 0 Å². The van der Waals surface area contributed by atoms with Gasteiger partial charge in [0.2, 0.25) is 0 Å². The molecule has 0 aromatic heterocycles. The number of rotatable bonds is 21. The molecule has 5 nitrogen and oxygen atoms in total. The van der Waals surface area contributed by atoms with Crippen LogP contribution in [0.15, 0.2) is 30.3 Å². The van der Waals surface area contributed by atoms with Gasteiger partial charge in [-0.25, -0.2) is 4.57 Å². The van der Waals surface area contributed by atoms with E-state index in [2.05, 4.69) is 0 Å². The summed E-state index contributed by atoms with van der Waals surface area (Å²) in [6.07, 6.45) is 19.3. The Kier molecular flexibility index (Phi) is 16.3. The summed E-state index contributed by atoms with van der Waals surface area (Å²) in [5.74, 6) is -0.218. The van der Waals surface area contributed by atoms with Crippen molar-refractivity contribution in [3.63, 3.8) is 0 Å². The highest BCUT2D eigenvalue weighted by molar-refractivity contribution is 7.53. The third-order valence-corrected chi connectivity index (χ3v) is 6.95. The fourth-order valence-corrected chi connectivity index (χ4v) is 4.92. The second-order valence-electron chi connectivity index (χ2n) is 8.57. The van der Waals surface area contributed by atoms with Gasteiger partial charge < -0.3 is 14.5 Å². The number of benzene rings is 1.